The molecule has 0 bridgehead atoms. The molecule has 0 unspecified atom stereocenters. The van der Waals surface area contributed by atoms with Crippen LogP contribution in [0.4, 0.5) is 5.69 Å². The lowest BCUT2D eigenvalue weighted by atomic mass is 10.2. The van der Waals surface area contributed by atoms with Crippen molar-refractivity contribution in [3.05, 3.63) is 34.2 Å². The number of aromatic nitrogens is 7. The monoisotopic (exact) mass is 360 g/mol. The molecule has 0 saturated carbocycles. The Morgan fingerprint density at radius 3 is 2.44 bits per heavy atom. The van der Waals surface area contributed by atoms with Crippen LogP contribution in [0.15, 0.2) is 0 Å². The van der Waals surface area contributed by atoms with E-state index in [1.165, 1.54) is 0 Å². The minimum atomic E-state index is -0.293. The fraction of sp³-hybridized carbons (Fsp3) is 0.467. The topological polar surface area (TPSA) is 103 Å². The number of carbonyl (C=O) groups is 1. The van der Waals surface area contributed by atoms with Gasteiger partial charge in [0, 0.05) is 6.54 Å². The van der Waals surface area contributed by atoms with E-state index in [0.717, 1.165) is 46.7 Å². The largest absolute Gasteiger partial charge is 0.317 e. The number of nitrogens with zero attached hydrogens (tertiary/aromatic N) is 7. The van der Waals surface area contributed by atoms with Crippen LogP contribution in [0.25, 0.3) is 0 Å². The number of carbonyl (C=O) groups excluding carboxylic acids is 1. The first kappa shape index (κ1) is 17.2. The molecule has 0 atom stereocenters. The summed E-state index contributed by atoms with van der Waals surface area (Å²) in [4.78, 5) is 12.6. The van der Waals surface area contributed by atoms with Crippen molar-refractivity contribution >= 4 is 23.3 Å². The van der Waals surface area contributed by atoms with E-state index in [9.17, 15) is 4.79 Å². The Labute approximate surface area is 149 Å². The molecule has 1 amide bonds. The van der Waals surface area contributed by atoms with Gasteiger partial charge in [0.1, 0.15) is 0 Å². The highest BCUT2D eigenvalue weighted by molar-refractivity contribution is 6.99. The first-order valence-electron chi connectivity index (χ1n) is 7.95. The highest BCUT2D eigenvalue weighted by atomic mass is 32.1. The third-order valence-electron chi connectivity index (χ3n) is 4.16. The average Bonchev–Trinajstić information content (AvgIpc) is 3.23. The summed E-state index contributed by atoms with van der Waals surface area (Å²) in [6.07, 6.45) is 0. The van der Waals surface area contributed by atoms with E-state index in [1.807, 2.05) is 39.3 Å². The number of hydrogen-bond acceptors (Lipinski definition) is 7. The molecule has 0 aromatic carbocycles. The number of hydrogen-bond donors (Lipinski definition) is 1. The van der Waals surface area contributed by atoms with E-state index < -0.39 is 0 Å². The molecule has 9 nitrogen and oxygen atoms in total. The van der Waals surface area contributed by atoms with E-state index in [2.05, 4.69) is 29.5 Å². The maximum absolute atomic E-state index is 12.6. The summed E-state index contributed by atoms with van der Waals surface area (Å²) in [7, 11) is 0. The van der Waals surface area contributed by atoms with Crippen molar-refractivity contribution in [2.75, 3.05) is 5.32 Å². The zero-order valence-electron chi connectivity index (χ0n) is 14.9. The van der Waals surface area contributed by atoms with Crippen LogP contribution in [0.1, 0.15) is 45.9 Å². The van der Waals surface area contributed by atoms with Gasteiger partial charge in [0.25, 0.3) is 5.91 Å². The van der Waals surface area contributed by atoms with Gasteiger partial charge in [-0.25, -0.2) is 4.68 Å². The average molecular weight is 360 g/mol. The van der Waals surface area contributed by atoms with E-state index in [0.29, 0.717) is 17.9 Å². The third-order valence-corrected chi connectivity index (χ3v) is 4.82. The number of rotatable bonds is 5. The van der Waals surface area contributed by atoms with Gasteiger partial charge in [-0.05, 0) is 34.6 Å². The number of anilines is 1. The molecule has 132 valence electrons. The van der Waals surface area contributed by atoms with Crippen molar-refractivity contribution in [1.29, 1.82) is 0 Å². The Bertz CT molecular complexity index is 922. The molecule has 0 aliphatic heterocycles. The summed E-state index contributed by atoms with van der Waals surface area (Å²) in [5.41, 5.74) is 5.10. The fourth-order valence-corrected chi connectivity index (χ4v) is 3.17. The maximum atomic E-state index is 12.6. The van der Waals surface area contributed by atoms with Gasteiger partial charge in [0.15, 0.2) is 5.69 Å². The van der Waals surface area contributed by atoms with Crippen molar-refractivity contribution in [3.8, 4) is 0 Å². The number of amides is 1. The molecule has 1 N–H and O–H groups in total. The van der Waals surface area contributed by atoms with Gasteiger partial charge in [-0.15, -0.1) is 5.10 Å². The normalized spacial score (nSPS) is 11.1. The molecule has 25 heavy (non-hydrogen) atoms. The van der Waals surface area contributed by atoms with Crippen molar-refractivity contribution in [3.63, 3.8) is 0 Å². The summed E-state index contributed by atoms with van der Waals surface area (Å²) in [5, 5.41) is 15.4. The van der Waals surface area contributed by atoms with Crippen molar-refractivity contribution in [2.24, 2.45) is 0 Å². The van der Waals surface area contributed by atoms with Gasteiger partial charge in [-0.3, -0.25) is 9.48 Å². The lowest BCUT2D eigenvalue weighted by Crippen LogP contribution is -2.15. The number of aryl methyl sites for hydroxylation is 3. The van der Waals surface area contributed by atoms with Crippen molar-refractivity contribution in [1.82, 2.24) is 33.5 Å². The van der Waals surface area contributed by atoms with Crippen LogP contribution in [-0.4, -0.2) is 39.4 Å². The molecule has 0 aliphatic rings. The zero-order chi connectivity index (χ0) is 18.1. The van der Waals surface area contributed by atoms with Crippen molar-refractivity contribution < 1.29 is 4.79 Å². The molecule has 10 heteroatoms. The molecular weight excluding hydrogens is 340 g/mol. The SMILES string of the molecule is CCn1nc(C)c(NC(=O)c2nnn(Cc3nsnc3C)c2C)c1C. The van der Waals surface area contributed by atoms with Crippen LogP contribution >= 0.6 is 11.7 Å². The second-order valence-electron chi connectivity index (χ2n) is 5.79. The van der Waals surface area contributed by atoms with Crippen LogP contribution in [0.2, 0.25) is 0 Å². The zero-order valence-corrected chi connectivity index (χ0v) is 15.7. The minimum absolute atomic E-state index is 0.293. The van der Waals surface area contributed by atoms with Crippen LogP contribution in [0, 0.1) is 27.7 Å². The summed E-state index contributed by atoms with van der Waals surface area (Å²) in [5.74, 6) is -0.293. The van der Waals surface area contributed by atoms with E-state index in [4.69, 9.17) is 0 Å². The first-order chi connectivity index (χ1) is 11.9. The molecular formula is C15H20N8OS. The Balaban J connectivity index is 1.82. The van der Waals surface area contributed by atoms with Crippen molar-refractivity contribution in [2.45, 2.75) is 47.7 Å². The lowest BCUT2D eigenvalue weighted by Gasteiger charge is -2.05. The molecule has 0 radical (unpaired) electrons. The standard InChI is InChI=1S/C15H20N8OS/c1-6-22-10(4)13(9(3)18-22)16-15(24)14-11(5)23(21-17-14)7-12-8(2)19-25-20-12/h6-7H2,1-5H3,(H,16,24). The molecule has 0 saturated heterocycles. The Kier molecular flexibility index (Phi) is 4.62. The van der Waals surface area contributed by atoms with Crippen LogP contribution in [-0.2, 0) is 13.1 Å². The van der Waals surface area contributed by atoms with Gasteiger partial charge in [0.2, 0.25) is 0 Å². The highest BCUT2D eigenvalue weighted by Gasteiger charge is 2.20. The van der Waals surface area contributed by atoms with E-state index in [1.54, 1.807) is 4.68 Å². The van der Waals surface area contributed by atoms with Crippen LogP contribution in [0.5, 0.6) is 0 Å². The van der Waals surface area contributed by atoms with Gasteiger partial charge >= 0.3 is 0 Å². The van der Waals surface area contributed by atoms with Gasteiger partial charge in [-0.2, -0.15) is 13.8 Å². The first-order valence-corrected chi connectivity index (χ1v) is 8.68. The van der Waals surface area contributed by atoms with Crippen LogP contribution in [0.3, 0.4) is 0 Å². The lowest BCUT2D eigenvalue weighted by molar-refractivity contribution is 0.102. The summed E-state index contributed by atoms with van der Waals surface area (Å²) >= 11 is 1.16. The predicted molar refractivity (Wildman–Crippen MR) is 93.8 cm³/mol. The minimum Gasteiger partial charge on any atom is -0.317 e. The highest BCUT2D eigenvalue weighted by Crippen LogP contribution is 2.20. The second-order valence-corrected chi connectivity index (χ2v) is 6.32. The molecule has 3 aromatic rings. The summed E-state index contributed by atoms with van der Waals surface area (Å²) in [6.45, 7) is 10.7. The fourth-order valence-electron chi connectivity index (χ4n) is 2.61. The van der Waals surface area contributed by atoms with Gasteiger partial charge in [-0.1, -0.05) is 5.21 Å². The van der Waals surface area contributed by atoms with E-state index in [-0.39, 0.29) is 5.91 Å². The molecule has 0 spiro atoms. The Hall–Kier alpha value is -2.62. The molecule has 3 heterocycles. The van der Waals surface area contributed by atoms with Gasteiger partial charge < -0.3 is 5.32 Å². The Morgan fingerprint density at radius 2 is 1.84 bits per heavy atom. The summed E-state index contributed by atoms with van der Waals surface area (Å²) < 4.78 is 11.9. The smallest absolute Gasteiger partial charge is 0.278 e. The molecule has 3 rings (SSSR count). The van der Waals surface area contributed by atoms with Crippen LogP contribution < -0.4 is 5.32 Å². The molecule has 0 fully saturated rings. The predicted octanol–water partition coefficient (Wildman–Crippen LogP) is 1.88. The Morgan fingerprint density at radius 1 is 1.08 bits per heavy atom. The maximum Gasteiger partial charge on any atom is 0.278 e. The quantitative estimate of drug-likeness (QED) is 0.745. The third kappa shape index (κ3) is 3.16. The van der Waals surface area contributed by atoms with E-state index >= 15 is 0 Å². The molecule has 0 aliphatic carbocycles. The molecule has 3 aromatic heterocycles. The van der Waals surface area contributed by atoms with Gasteiger partial charge in [0.05, 0.1) is 52.4 Å². The summed E-state index contributed by atoms with van der Waals surface area (Å²) in [6, 6.07) is 0. The number of nitrogens with one attached hydrogen (secondary N) is 1. The second kappa shape index (κ2) is 6.71.